The van der Waals surface area contributed by atoms with Crippen LogP contribution in [-0.4, -0.2) is 48.2 Å². The second-order valence-corrected chi connectivity index (χ2v) is 2.64. The Hall–Kier alpha value is -0.610. The van der Waals surface area contributed by atoms with Crippen LogP contribution in [0.5, 0.6) is 0 Å². The second kappa shape index (κ2) is 3.69. The van der Waals surface area contributed by atoms with Crippen LogP contribution in [0, 0.1) is 6.92 Å². The van der Waals surface area contributed by atoms with Gasteiger partial charge in [0.05, 0.1) is 0 Å². The van der Waals surface area contributed by atoms with Crippen molar-refractivity contribution < 1.29 is 9.90 Å². The molecule has 0 spiro atoms. The van der Waals surface area contributed by atoms with E-state index in [0.717, 1.165) is 26.2 Å². The molecule has 4 heteroatoms. The molecule has 0 aromatic rings. The van der Waals surface area contributed by atoms with Crippen LogP contribution in [-0.2, 0) is 4.79 Å². The Morgan fingerprint density at radius 3 is 2.55 bits per heavy atom. The van der Waals surface area contributed by atoms with Crippen LogP contribution in [0.2, 0.25) is 0 Å². The number of nitrogens with zero attached hydrogens (tertiary/aromatic N) is 1. The van der Waals surface area contributed by atoms with Crippen molar-refractivity contribution in [2.45, 2.75) is 6.04 Å². The maximum absolute atomic E-state index is 10.5. The highest BCUT2D eigenvalue weighted by Crippen LogP contribution is 1.99. The number of carbonyl (C=O) groups is 1. The lowest BCUT2D eigenvalue weighted by atomic mass is 10.2. The lowest BCUT2D eigenvalue weighted by Crippen LogP contribution is -2.50. The number of nitrogens with one attached hydrogen (secondary N) is 1. The van der Waals surface area contributed by atoms with E-state index in [2.05, 4.69) is 12.2 Å². The highest BCUT2D eigenvalue weighted by atomic mass is 16.4. The van der Waals surface area contributed by atoms with Gasteiger partial charge in [-0.2, -0.15) is 0 Å². The monoisotopic (exact) mass is 157 g/mol. The highest BCUT2D eigenvalue weighted by Gasteiger charge is 2.21. The maximum Gasteiger partial charge on any atom is 0.320 e. The van der Waals surface area contributed by atoms with Crippen LogP contribution >= 0.6 is 0 Å². The van der Waals surface area contributed by atoms with Gasteiger partial charge in [-0.3, -0.25) is 9.69 Å². The Kier molecular flexibility index (Phi) is 2.84. The summed E-state index contributed by atoms with van der Waals surface area (Å²) in [5, 5.41) is 11.8. The van der Waals surface area contributed by atoms with Gasteiger partial charge in [0.2, 0.25) is 0 Å². The minimum Gasteiger partial charge on any atom is -0.480 e. The molecule has 1 rings (SSSR count). The molecule has 0 aliphatic carbocycles. The molecule has 0 amide bonds. The molecule has 1 aliphatic rings. The van der Waals surface area contributed by atoms with E-state index >= 15 is 0 Å². The van der Waals surface area contributed by atoms with Gasteiger partial charge in [-0.05, 0) is 6.92 Å². The van der Waals surface area contributed by atoms with Crippen molar-refractivity contribution in [2.24, 2.45) is 0 Å². The predicted molar refractivity (Wildman–Crippen MR) is 41.2 cm³/mol. The van der Waals surface area contributed by atoms with E-state index in [1.165, 1.54) is 0 Å². The molecule has 0 bridgehead atoms. The van der Waals surface area contributed by atoms with Crippen LogP contribution in [0.4, 0.5) is 0 Å². The minimum absolute atomic E-state index is 0.586. The van der Waals surface area contributed by atoms with Crippen molar-refractivity contribution in [3.8, 4) is 0 Å². The Bertz CT molecular complexity index is 143. The summed E-state index contributed by atoms with van der Waals surface area (Å²) in [6.07, 6.45) is 0. The molecule has 0 aromatic carbocycles. The molecular weight excluding hydrogens is 144 g/mol. The van der Waals surface area contributed by atoms with Gasteiger partial charge < -0.3 is 10.4 Å². The fourth-order valence-electron chi connectivity index (χ4n) is 1.15. The first-order valence-electron chi connectivity index (χ1n) is 3.72. The summed E-state index contributed by atoms with van der Waals surface area (Å²) in [6.45, 7) is 6.84. The van der Waals surface area contributed by atoms with Gasteiger partial charge in [0.1, 0.15) is 6.04 Å². The predicted octanol–water partition coefficient (Wildman–Crippen LogP) is -0.821. The fourth-order valence-corrected chi connectivity index (χ4v) is 1.15. The molecule has 11 heavy (non-hydrogen) atoms. The molecule has 63 valence electrons. The van der Waals surface area contributed by atoms with Crippen molar-refractivity contribution in [2.75, 3.05) is 26.2 Å². The smallest absolute Gasteiger partial charge is 0.320 e. The average Bonchev–Trinajstić information content (AvgIpc) is 2.05. The van der Waals surface area contributed by atoms with E-state index in [0.29, 0.717) is 0 Å². The van der Waals surface area contributed by atoms with Crippen molar-refractivity contribution >= 4 is 5.97 Å². The summed E-state index contributed by atoms with van der Waals surface area (Å²) in [5.41, 5.74) is 0. The Labute approximate surface area is 66.2 Å². The van der Waals surface area contributed by atoms with Gasteiger partial charge in [0.25, 0.3) is 0 Å². The van der Waals surface area contributed by atoms with E-state index in [1.54, 1.807) is 0 Å². The largest absolute Gasteiger partial charge is 0.480 e. The molecule has 0 aromatic heterocycles. The molecule has 1 aliphatic heterocycles. The molecule has 1 fully saturated rings. The third-order valence-electron chi connectivity index (χ3n) is 1.88. The van der Waals surface area contributed by atoms with Crippen LogP contribution in [0.25, 0.3) is 0 Å². The molecular formula is C7H13N2O2. The van der Waals surface area contributed by atoms with Crippen molar-refractivity contribution in [3.05, 3.63) is 6.92 Å². The second-order valence-electron chi connectivity index (χ2n) is 2.64. The summed E-state index contributed by atoms with van der Waals surface area (Å²) in [6, 6.07) is -0.586. The fraction of sp³-hybridized carbons (Fsp3) is 0.714. The zero-order chi connectivity index (χ0) is 8.27. The van der Waals surface area contributed by atoms with E-state index < -0.39 is 12.0 Å². The number of aliphatic carboxylic acids is 1. The molecule has 1 unspecified atom stereocenters. The summed E-state index contributed by atoms with van der Waals surface area (Å²) < 4.78 is 0. The van der Waals surface area contributed by atoms with E-state index in [1.807, 2.05) is 4.90 Å². The summed E-state index contributed by atoms with van der Waals surface area (Å²) in [7, 11) is 0. The lowest BCUT2D eigenvalue weighted by Gasteiger charge is -2.30. The molecule has 1 saturated heterocycles. The minimum atomic E-state index is -0.841. The highest BCUT2D eigenvalue weighted by molar-refractivity contribution is 5.74. The third kappa shape index (κ3) is 2.17. The molecule has 1 heterocycles. The zero-order valence-electron chi connectivity index (χ0n) is 6.42. The first-order chi connectivity index (χ1) is 5.22. The van der Waals surface area contributed by atoms with Crippen LogP contribution in [0.1, 0.15) is 0 Å². The first kappa shape index (κ1) is 8.49. The lowest BCUT2D eigenvalue weighted by molar-refractivity contribution is -0.141. The number of hydrogen-bond donors (Lipinski definition) is 2. The van der Waals surface area contributed by atoms with Gasteiger partial charge in [-0.25, -0.2) is 0 Å². The van der Waals surface area contributed by atoms with Gasteiger partial charge in [-0.15, -0.1) is 0 Å². The third-order valence-corrected chi connectivity index (χ3v) is 1.88. The standard InChI is InChI=1S/C7H13N2O2/c1-6(7(10)11)9-4-2-8-3-5-9/h6,8H,1-5H2,(H,10,11). The van der Waals surface area contributed by atoms with E-state index in [-0.39, 0.29) is 0 Å². The summed E-state index contributed by atoms with van der Waals surface area (Å²) in [4.78, 5) is 12.3. The van der Waals surface area contributed by atoms with Gasteiger partial charge >= 0.3 is 5.97 Å². The number of rotatable bonds is 2. The van der Waals surface area contributed by atoms with Crippen molar-refractivity contribution in [1.29, 1.82) is 0 Å². The Balaban J connectivity index is 2.38. The maximum atomic E-state index is 10.5. The number of hydrogen-bond acceptors (Lipinski definition) is 3. The number of carboxylic acid groups (broad SMARTS) is 1. The first-order valence-corrected chi connectivity index (χ1v) is 3.72. The topological polar surface area (TPSA) is 52.6 Å². The molecule has 4 nitrogen and oxygen atoms in total. The number of carboxylic acids is 1. The molecule has 2 N–H and O–H groups in total. The van der Waals surface area contributed by atoms with Crippen molar-refractivity contribution in [3.63, 3.8) is 0 Å². The van der Waals surface area contributed by atoms with E-state index in [4.69, 9.17) is 5.11 Å². The van der Waals surface area contributed by atoms with Crippen LogP contribution in [0.15, 0.2) is 0 Å². The van der Waals surface area contributed by atoms with Crippen LogP contribution in [0.3, 0.4) is 0 Å². The van der Waals surface area contributed by atoms with Crippen LogP contribution < -0.4 is 5.32 Å². The average molecular weight is 157 g/mol. The number of piperazine rings is 1. The van der Waals surface area contributed by atoms with Gasteiger partial charge in [0, 0.05) is 26.2 Å². The van der Waals surface area contributed by atoms with E-state index in [9.17, 15) is 4.79 Å². The normalized spacial score (nSPS) is 23.0. The molecule has 1 radical (unpaired) electrons. The molecule has 1 atom stereocenters. The Morgan fingerprint density at radius 2 is 2.09 bits per heavy atom. The zero-order valence-corrected chi connectivity index (χ0v) is 6.42. The SMILES string of the molecule is [CH2]C(C(=O)O)N1CCNCC1. The Morgan fingerprint density at radius 1 is 1.55 bits per heavy atom. The summed E-state index contributed by atoms with van der Waals surface area (Å²) >= 11 is 0. The van der Waals surface area contributed by atoms with Gasteiger partial charge in [-0.1, -0.05) is 0 Å². The van der Waals surface area contributed by atoms with Gasteiger partial charge in [0.15, 0.2) is 0 Å². The van der Waals surface area contributed by atoms with Crippen molar-refractivity contribution in [1.82, 2.24) is 10.2 Å². The quantitative estimate of drug-likeness (QED) is 0.550. The summed E-state index contributed by atoms with van der Waals surface area (Å²) in [5.74, 6) is -0.841. The molecule has 0 saturated carbocycles.